The standard InChI is InChI=1S/C13H17N3O4/c1-20-8-7-15(6-2-5-14)13-4-3-12(16(18)19)9-11(13)10-17/h3-4,9,17H,2,6-8,10H2,1H3. The van der Waals surface area contributed by atoms with Crippen LogP contribution in [0.5, 0.6) is 0 Å². The molecule has 0 unspecified atom stereocenters. The Labute approximate surface area is 117 Å². The molecule has 7 heteroatoms. The van der Waals surface area contributed by atoms with Crippen molar-refractivity contribution in [3.63, 3.8) is 0 Å². The minimum atomic E-state index is -0.502. The van der Waals surface area contributed by atoms with Gasteiger partial charge in [0.1, 0.15) is 0 Å². The first kappa shape index (κ1) is 15.9. The van der Waals surface area contributed by atoms with E-state index in [9.17, 15) is 15.2 Å². The molecule has 0 aliphatic carbocycles. The number of rotatable bonds is 8. The van der Waals surface area contributed by atoms with Gasteiger partial charge < -0.3 is 14.7 Å². The summed E-state index contributed by atoms with van der Waals surface area (Å²) in [4.78, 5) is 12.1. The number of non-ortho nitro benzene ring substituents is 1. The highest BCUT2D eigenvalue weighted by atomic mass is 16.6. The van der Waals surface area contributed by atoms with E-state index in [-0.39, 0.29) is 12.3 Å². The Balaban J connectivity index is 3.04. The molecule has 0 aliphatic rings. The molecule has 0 saturated carbocycles. The van der Waals surface area contributed by atoms with Gasteiger partial charge in [-0.15, -0.1) is 0 Å². The zero-order valence-corrected chi connectivity index (χ0v) is 11.3. The van der Waals surface area contributed by atoms with E-state index in [4.69, 9.17) is 10.00 Å². The summed E-state index contributed by atoms with van der Waals surface area (Å²) in [7, 11) is 1.57. The van der Waals surface area contributed by atoms with Gasteiger partial charge in [0.15, 0.2) is 0 Å². The lowest BCUT2D eigenvalue weighted by Gasteiger charge is -2.25. The van der Waals surface area contributed by atoms with Crippen LogP contribution in [0.25, 0.3) is 0 Å². The molecule has 1 aromatic rings. The van der Waals surface area contributed by atoms with Crippen molar-refractivity contribution in [2.75, 3.05) is 31.7 Å². The molecule has 0 saturated heterocycles. The highest BCUT2D eigenvalue weighted by Gasteiger charge is 2.15. The quantitative estimate of drug-likeness (QED) is 0.571. The van der Waals surface area contributed by atoms with Crippen LogP contribution in [0, 0.1) is 21.4 Å². The first-order valence-electron chi connectivity index (χ1n) is 6.13. The summed E-state index contributed by atoms with van der Waals surface area (Å²) in [5.41, 5.74) is 1.09. The number of nitro groups is 1. The molecule has 0 aliphatic heterocycles. The summed E-state index contributed by atoms with van der Waals surface area (Å²) in [6.07, 6.45) is 0.325. The molecular weight excluding hydrogens is 262 g/mol. The van der Waals surface area contributed by atoms with Crippen molar-refractivity contribution >= 4 is 11.4 Å². The number of nitriles is 1. The number of nitrogens with zero attached hydrogens (tertiary/aromatic N) is 3. The number of hydrogen-bond donors (Lipinski definition) is 1. The fourth-order valence-electron chi connectivity index (χ4n) is 1.86. The maximum Gasteiger partial charge on any atom is 0.269 e. The number of hydrogen-bond acceptors (Lipinski definition) is 6. The molecule has 0 spiro atoms. The van der Waals surface area contributed by atoms with Crippen molar-refractivity contribution in [3.05, 3.63) is 33.9 Å². The highest BCUT2D eigenvalue weighted by molar-refractivity contribution is 5.57. The fraction of sp³-hybridized carbons (Fsp3) is 0.462. The second-order valence-electron chi connectivity index (χ2n) is 4.12. The van der Waals surface area contributed by atoms with E-state index >= 15 is 0 Å². The lowest BCUT2D eigenvalue weighted by Crippen LogP contribution is -2.29. The summed E-state index contributed by atoms with van der Waals surface area (Å²) in [5, 5.41) is 28.8. The maximum atomic E-state index is 10.7. The van der Waals surface area contributed by atoms with Gasteiger partial charge in [-0.05, 0) is 6.07 Å². The smallest absolute Gasteiger partial charge is 0.269 e. The molecule has 0 amide bonds. The first-order valence-corrected chi connectivity index (χ1v) is 6.13. The molecule has 7 nitrogen and oxygen atoms in total. The van der Waals surface area contributed by atoms with E-state index < -0.39 is 4.92 Å². The Bertz CT molecular complexity index is 499. The van der Waals surface area contributed by atoms with Crippen molar-refractivity contribution in [3.8, 4) is 6.07 Å². The van der Waals surface area contributed by atoms with Crippen LogP contribution >= 0.6 is 0 Å². The Kier molecular flexibility index (Phi) is 6.43. The van der Waals surface area contributed by atoms with E-state index in [2.05, 4.69) is 6.07 Å². The van der Waals surface area contributed by atoms with E-state index in [1.54, 1.807) is 13.2 Å². The Morgan fingerprint density at radius 1 is 1.50 bits per heavy atom. The number of anilines is 1. The molecule has 1 rings (SSSR count). The Morgan fingerprint density at radius 3 is 2.80 bits per heavy atom. The number of methoxy groups -OCH3 is 1. The molecule has 0 aromatic heterocycles. The van der Waals surface area contributed by atoms with Crippen LogP contribution in [-0.2, 0) is 11.3 Å². The molecule has 1 N–H and O–H groups in total. The molecule has 0 radical (unpaired) electrons. The SMILES string of the molecule is COCCN(CCC#N)c1ccc([N+](=O)[O-])cc1CO. The van der Waals surface area contributed by atoms with Gasteiger partial charge >= 0.3 is 0 Å². The molecule has 0 atom stereocenters. The van der Waals surface area contributed by atoms with Crippen molar-refractivity contribution in [1.29, 1.82) is 5.26 Å². The van der Waals surface area contributed by atoms with Gasteiger partial charge in [-0.2, -0.15) is 5.26 Å². The van der Waals surface area contributed by atoms with Gasteiger partial charge in [-0.3, -0.25) is 10.1 Å². The molecule has 0 heterocycles. The van der Waals surface area contributed by atoms with E-state index in [1.165, 1.54) is 12.1 Å². The number of aliphatic hydroxyl groups excluding tert-OH is 1. The third kappa shape index (κ3) is 4.19. The van der Waals surface area contributed by atoms with Crippen molar-refractivity contribution in [1.82, 2.24) is 0 Å². The summed E-state index contributed by atoms with van der Waals surface area (Å²) < 4.78 is 5.01. The van der Waals surface area contributed by atoms with Crippen LogP contribution in [0.3, 0.4) is 0 Å². The predicted molar refractivity (Wildman–Crippen MR) is 73.3 cm³/mol. The normalized spacial score (nSPS) is 10.1. The molecule has 108 valence electrons. The largest absolute Gasteiger partial charge is 0.392 e. The van der Waals surface area contributed by atoms with E-state index in [1.807, 2.05) is 4.90 Å². The third-order valence-electron chi connectivity index (χ3n) is 2.84. The van der Waals surface area contributed by atoms with Crippen molar-refractivity contribution < 1.29 is 14.8 Å². The van der Waals surface area contributed by atoms with Gasteiger partial charge in [-0.1, -0.05) is 0 Å². The summed E-state index contributed by atoms with van der Waals surface area (Å²) in [5.74, 6) is 0. The van der Waals surface area contributed by atoms with Crippen molar-refractivity contribution in [2.45, 2.75) is 13.0 Å². The van der Waals surface area contributed by atoms with Gasteiger partial charge in [0, 0.05) is 43.6 Å². The maximum absolute atomic E-state index is 10.7. The second-order valence-corrected chi connectivity index (χ2v) is 4.12. The second kappa shape index (κ2) is 8.09. The fourth-order valence-corrected chi connectivity index (χ4v) is 1.86. The number of benzene rings is 1. The minimum Gasteiger partial charge on any atom is -0.392 e. The molecule has 0 bridgehead atoms. The highest BCUT2D eigenvalue weighted by Crippen LogP contribution is 2.25. The number of nitro benzene ring substituents is 1. The first-order chi connectivity index (χ1) is 9.63. The van der Waals surface area contributed by atoms with Crippen LogP contribution in [0.15, 0.2) is 18.2 Å². The minimum absolute atomic E-state index is 0.0650. The van der Waals surface area contributed by atoms with Gasteiger partial charge in [0.25, 0.3) is 5.69 Å². The zero-order valence-electron chi connectivity index (χ0n) is 11.3. The summed E-state index contributed by atoms with van der Waals surface area (Å²) >= 11 is 0. The lowest BCUT2D eigenvalue weighted by molar-refractivity contribution is -0.384. The summed E-state index contributed by atoms with van der Waals surface area (Å²) in [6.45, 7) is 1.19. The van der Waals surface area contributed by atoms with Crippen molar-refractivity contribution in [2.24, 2.45) is 0 Å². The number of aliphatic hydroxyl groups is 1. The zero-order chi connectivity index (χ0) is 15.0. The van der Waals surface area contributed by atoms with E-state index in [0.717, 1.165) is 0 Å². The average molecular weight is 279 g/mol. The van der Waals surface area contributed by atoms with Gasteiger partial charge in [0.05, 0.1) is 30.6 Å². The monoisotopic (exact) mass is 279 g/mol. The van der Waals surface area contributed by atoms with Gasteiger partial charge in [-0.25, -0.2) is 0 Å². The third-order valence-corrected chi connectivity index (χ3v) is 2.84. The van der Waals surface area contributed by atoms with Crippen LogP contribution < -0.4 is 4.90 Å². The van der Waals surface area contributed by atoms with Crippen LogP contribution in [0.4, 0.5) is 11.4 Å². The average Bonchev–Trinajstić information content (AvgIpc) is 2.47. The van der Waals surface area contributed by atoms with Gasteiger partial charge in [0.2, 0.25) is 0 Å². The summed E-state index contributed by atoms with van der Waals surface area (Å²) in [6, 6.07) is 6.39. The lowest BCUT2D eigenvalue weighted by atomic mass is 10.1. The van der Waals surface area contributed by atoms with Crippen LogP contribution in [0.1, 0.15) is 12.0 Å². The predicted octanol–water partition coefficient (Wildman–Crippen LogP) is 1.45. The van der Waals surface area contributed by atoms with Crippen LogP contribution in [0.2, 0.25) is 0 Å². The van der Waals surface area contributed by atoms with Crippen LogP contribution in [-0.4, -0.2) is 36.8 Å². The van der Waals surface area contributed by atoms with E-state index in [0.29, 0.717) is 37.4 Å². The molecule has 20 heavy (non-hydrogen) atoms. The Hall–Kier alpha value is -2.17. The Morgan fingerprint density at radius 2 is 2.25 bits per heavy atom. The molecular formula is C13H17N3O4. The topological polar surface area (TPSA) is 99.6 Å². The number of ether oxygens (including phenoxy) is 1. The molecule has 1 aromatic carbocycles. The molecule has 0 fully saturated rings.